The molecule has 1 N–H and O–H groups in total. The molecule has 2 aromatic heterocycles. The molecule has 2 aliphatic rings. The number of carbonyl (C=O) groups excluding carboxylic acids is 1. The number of para-hydroxylation sites is 1. The molecule has 6 nitrogen and oxygen atoms in total. The van der Waals surface area contributed by atoms with Crippen molar-refractivity contribution in [2.75, 3.05) is 25.0 Å². The highest BCUT2D eigenvalue weighted by atomic mass is 16.2. The smallest absolute Gasteiger partial charge is 0.227 e. The highest BCUT2D eigenvalue weighted by Gasteiger charge is 2.34. The zero-order valence-electron chi connectivity index (χ0n) is 15.4. The number of nitrogens with zero attached hydrogens (tertiary/aromatic N) is 4. The van der Waals surface area contributed by atoms with Gasteiger partial charge in [0.1, 0.15) is 0 Å². The van der Waals surface area contributed by atoms with Gasteiger partial charge in [0.25, 0.3) is 0 Å². The van der Waals surface area contributed by atoms with E-state index in [4.69, 9.17) is 0 Å². The van der Waals surface area contributed by atoms with Crippen molar-refractivity contribution in [2.24, 2.45) is 0 Å². The molecule has 0 radical (unpaired) electrons. The second kappa shape index (κ2) is 6.37. The number of hydrogen-bond donors (Lipinski definition) is 1. The molecule has 1 aliphatic carbocycles. The molecule has 1 saturated heterocycles. The van der Waals surface area contributed by atoms with Crippen molar-refractivity contribution in [3.63, 3.8) is 0 Å². The SMILES string of the molecule is CN(C(=O)Cc1c[nH]c2ccccc12)C1CN(c2ccc(C3CC3)nn2)C1. The van der Waals surface area contributed by atoms with Gasteiger partial charge in [-0.2, -0.15) is 5.10 Å². The summed E-state index contributed by atoms with van der Waals surface area (Å²) >= 11 is 0. The number of anilines is 1. The molecule has 6 heteroatoms. The number of benzene rings is 1. The van der Waals surface area contributed by atoms with Crippen LogP contribution in [-0.2, 0) is 11.2 Å². The number of hydrogen-bond acceptors (Lipinski definition) is 4. The quantitative estimate of drug-likeness (QED) is 0.759. The molecule has 138 valence electrons. The average molecular weight is 361 g/mol. The van der Waals surface area contributed by atoms with Crippen molar-refractivity contribution in [1.82, 2.24) is 20.1 Å². The maximum atomic E-state index is 12.7. The van der Waals surface area contributed by atoms with Gasteiger partial charge in [0, 0.05) is 43.2 Å². The van der Waals surface area contributed by atoms with Crippen LogP contribution in [0.15, 0.2) is 42.6 Å². The van der Waals surface area contributed by atoms with Crippen LogP contribution >= 0.6 is 0 Å². The van der Waals surface area contributed by atoms with Gasteiger partial charge >= 0.3 is 0 Å². The average Bonchev–Trinajstić information content (AvgIpc) is 3.43. The van der Waals surface area contributed by atoms with Gasteiger partial charge in [-0.15, -0.1) is 5.10 Å². The predicted molar refractivity (Wildman–Crippen MR) is 105 cm³/mol. The maximum Gasteiger partial charge on any atom is 0.227 e. The van der Waals surface area contributed by atoms with Gasteiger partial charge in [0.2, 0.25) is 5.91 Å². The van der Waals surface area contributed by atoms with E-state index in [0.29, 0.717) is 12.3 Å². The first-order chi connectivity index (χ1) is 13.2. The Labute approximate surface area is 158 Å². The number of likely N-dealkylation sites (N-methyl/N-ethyl adjacent to an activating group) is 1. The first-order valence-corrected chi connectivity index (χ1v) is 9.58. The van der Waals surface area contributed by atoms with Crippen LogP contribution in [0.25, 0.3) is 10.9 Å². The summed E-state index contributed by atoms with van der Waals surface area (Å²) < 4.78 is 0. The van der Waals surface area contributed by atoms with Crippen LogP contribution < -0.4 is 4.90 Å². The van der Waals surface area contributed by atoms with Crippen molar-refractivity contribution >= 4 is 22.6 Å². The van der Waals surface area contributed by atoms with Gasteiger partial charge in [0.15, 0.2) is 5.82 Å². The Morgan fingerprint density at radius 2 is 2.00 bits per heavy atom. The summed E-state index contributed by atoms with van der Waals surface area (Å²) in [6.07, 6.45) is 4.85. The largest absolute Gasteiger partial charge is 0.361 e. The summed E-state index contributed by atoms with van der Waals surface area (Å²) in [5.41, 5.74) is 3.24. The standard InChI is InChI=1S/C21H23N5O/c1-25(21(27)10-15-11-22-19-5-3-2-4-17(15)19)16-12-26(13-16)20-9-8-18(23-24-20)14-6-7-14/h2-5,8-9,11,14,16,22H,6-7,10,12-13H2,1H3. The highest BCUT2D eigenvalue weighted by Crippen LogP contribution is 2.38. The third kappa shape index (κ3) is 3.05. The highest BCUT2D eigenvalue weighted by molar-refractivity contribution is 5.89. The van der Waals surface area contributed by atoms with Crippen LogP contribution in [0.5, 0.6) is 0 Å². The Morgan fingerprint density at radius 1 is 1.19 bits per heavy atom. The van der Waals surface area contributed by atoms with Gasteiger partial charge in [-0.3, -0.25) is 4.79 Å². The van der Waals surface area contributed by atoms with Crippen LogP contribution in [0.3, 0.4) is 0 Å². The molecule has 1 aromatic carbocycles. The summed E-state index contributed by atoms with van der Waals surface area (Å²) in [6.45, 7) is 1.63. The van der Waals surface area contributed by atoms with Crippen LogP contribution in [0.4, 0.5) is 5.82 Å². The van der Waals surface area contributed by atoms with Gasteiger partial charge in [-0.05, 0) is 36.6 Å². The summed E-state index contributed by atoms with van der Waals surface area (Å²) in [5.74, 6) is 1.69. The molecule has 1 aliphatic heterocycles. The lowest BCUT2D eigenvalue weighted by Gasteiger charge is -2.44. The van der Waals surface area contributed by atoms with E-state index in [0.717, 1.165) is 41.1 Å². The van der Waals surface area contributed by atoms with Crippen molar-refractivity contribution in [3.8, 4) is 0 Å². The van der Waals surface area contributed by atoms with E-state index >= 15 is 0 Å². The number of rotatable bonds is 5. The van der Waals surface area contributed by atoms with E-state index in [1.165, 1.54) is 12.8 Å². The molecule has 1 saturated carbocycles. The molecule has 2 fully saturated rings. The monoisotopic (exact) mass is 361 g/mol. The number of H-pyrrole nitrogens is 1. The second-order valence-electron chi connectivity index (χ2n) is 7.69. The van der Waals surface area contributed by atoms with E-state index < -0.39 is 0 Å². The van der Waals surface area contributed by atoms with Crippen LogP contribution in [0.1, 0.15) is 30.0 Å². The molecule has 0 unspecified atom stereocenters. The first kappa shape index (κ1) is 16.3. The summed E-state index contributed by atoms with van der Waals surface area (Å²) in [5, 5.41) is 9.84. The molecule has 0 bridgehead atoms. The van der Waals surface area contributed by atoms with Gasteiger partial charge in [-0.25, -0.2) is 0 Å². The second-order valence-corrected chi connectivity index (χ2v) is 7.69. The zero-order valence-corrected chi connectivity index (χ0v) is 15.4. The fourth-order valence-corrected chi connectivity index (χ4v) is 3.76. The fraction of sp³-hybridized carbons (Fsp3) is 0.381. The van der Waals surface area contributed by atoms with Crippen LogP contribution in [-0.4, -0.2) is 52.2 Å². The molecular formula is C21H23N5O. The number of nitrogens with one attached hydrogen (secondary N) is 1. The molecule has 0 spiro atoms. The van der Waals surface area contributed by atoms with Gasteiger partial charge < -0.3 is 14.8 Å². The molecule has 1 amide bonds. The van der Waals surface area contributed by atoms with Gasteiger partial charge in [-0.1, -0.05) is 18.2 Å². The fourth-order valence-electron chi connectivity index (χ4n) is 3.76. The van der Waals surface area contributed by atoms with E-state index in [2.05, 4.69) is 38.3 Å². The van der Waals surface area contributed by atoms with Gasteiger partial charge in [0.05, 0.1) is 18.2 Å². The Kier molecular flexibility index (Phi) is 3.85. The molecule has 3 heterocycles. The number of aromatic amines is 1. The Bertz CT molecular complexity index is 970. The van der Waals surface area contributed by atoms with Crippen LogP contribution in [0.2, 0.25) is 0 Å². The normalized spacial score (nSPS) is 17.1. The summed E-state index contributed by atoms with van der Waals surface area (Å²) in [6, 6.07) is 12.5. The Hall–Kier alpha value is -2.89. The maximum absolute atomic E-state index is 12.7. The van der Waals surface area contributed by atoms with E-state index in [1.807, 2.05) is 36.3 Å². The van der Waals surface area contributed by atoms with Crippen molar-refractivity contribution in [2.45, 2.75) is 31.2 Å². The number of amides is 1. The minimum Gasteiger partial charge on any atom is -0.361 e. The molecule has 3 aromatic rings. The molecule has 5 rings (SSSR count). The first-order valence-electron chi connectivity index (χ1n) is 9.58. The summed E-state index contributed by atoms with van der Waals surface area (Å²) in [4.78, 5) is 20.0. The lowest BCUT2D eigenvalue weighted by atomic mass is 10.1. The number of fused-ring (bicyclic) bond motifs is 1. The van der Waals surface area contributed by atoms with E-state index in [1.54, 1.807) is 0 Å². The third-order valence-corrected chi connectivity index (χ3v) is 5.81. The molecular weight excluding hydrogens is 338 g/mol. The van der Waals surface area contributed by atoms with Crippen molar-refractivity contribution < 1.29 is 4.79 Å². The van der Waals surface area contributed by atoms with Crippen molar-refractivity contribution in [3.05, 3.63) is 53.9 Å². The van der Waals surface area contributed by atoms with E-state index in [9.17, 15) is 4.79 Å². The zero-order chi connectivity index (χ0) is 18.4. The number of carbonyl (C=O) groups is 1. The minimum atomic E-state index is 0.152. The van der Waals surface area contributed by atoms with E-state index in [-0.39, 0.29) is 11.9 Å². The minimum absolute atomic E-state index is 0.152. The third-order valence-electron chi connectivity index (χ3n) is 5.81. The Balaban J connectivity index is 1.19. The topological polar surface area (TPSA) is 65.1 Å². The lowest BCUT2D eigenvalue weighted by Crippen LogP contribution is -2.60. The summed E-state index contributed by atoms with van der Waals surface area (Å²) in [7, 11) is 1.90. The number of aromatic nitrogens is 3. The predicted octanol–water partition coefficient (Wildman–Crippen LogP) is 2.73. The molecule has 0 atom stereocenters. The lowest BCUT2D eigenvalue weighted by molar-refractivity contribution is -0.131. The Morgan fingerprint density at radius 3 is 2.74 bits per heavy atom. The van der Waals surface area contributed by atoms with Crippen LogP contribution in [0, 0.1) is 0 Å². The van der Waals surface area contributed by atoms with Crippen molar-refractivity contribution in [1.29, 1.82) is 0 Å². The molecule has 27 heavy (non-hydrogen) atoms.